The predicted octanol–water partition coefficient (Wildman–Crippen LogP) is 3.01. The van der Waals surface area contributed by atoms with Crippen molar-refractivity contribution in [2.24, 2.45) is 0 Å². The summed E-state index contributed by atoms with van der Waals surface area (Å²) in [6.07, 6.45) is 0. The highest BCUT2D eigenvalue weighted by molar-refractivity contribution is 6.41. The summed E-state index contributed by atoms with van der Waals surface area (Å²) in [5.74, 6) is -4.15. The van der Waals surface area contributed by atoms with Crippen molar-refractivity contribution in [1.82, 2.24) is 0 Å². The first-order chi connectivity index (χ1) is 13.9. The monoisotopic (exact) mass is 418 g/mol. The Balaban J connectivity index is 2.43. The maximum Gasteiger partial charge on any atom is 0.397 e. The van der Waals surface area contributed by atoms with Gasteiger partial charge in [0.05, 0.1) is 23.9 Å². The summed E-state index contributed by atoms with van der Waals surface area (Å²) < 4.78 is 9.32. The number of esters is 2. The number of nitrogens with one attached hydrogen (secondary N) is 2. The standard InChI is InChI=1S/C20H19ClN2O6/c1-3-28-19(26)17(24)22-13-10-14(12-8-6-5-7-9-12)16(21)15(11-13)23-18(25)20(27)29-4-2/h5-11H,3-4H2,1-2H3,(H,22,24)(H,23,25). The number of anilines is 2. The molecule has 9 heteroatoms. The van der Waals surface area contributed by atoms with E-state index in [1.165, 1.54) is 12.1 Å². The minimum Gasteiger partial charge on any atom is -0.459 e. The third-order valence-electron chi connectivity index (χ3n) is 3.59. The molecule has 2 amide bonds. The Morgan fingerprint density at radius 2 is 1.41 bits per heavy atom. The molecule has 2 N–H and O–H groups in total. The molecule has 0 aromatic heterocycles. The summed E-state index contributed by atoms with van der Waals surface area (Å²) in [6, 6.07) is 11.8. The van der Waals surface area contributed by atoms with Crippen molar-refractivity contribution in [3.63, 3.8) is 0 Å². The summed E-state index contributed by atoms with van der Waals surface area (Å²) in [5.41, 5.74) is 1.39. The lowest BCUT2D eigenvalue weighted by Crippen LogP contribution is -2.26. The molecule has 2 aromatic carbocycles. The van der Waals surface area contributed by atoms with Gasteiger partial charge in [-0.1, -0.05) is 41.9 Å². The van der Waals surface area contributed by atoms with Crippen molar-refractivity contribution >= 4 is 46.7 Å². The number of benzene rings is 2. The Morgan fingerprint density at radius 3 is 1.97 bits per heavy atom. The molecule has 0 saturated heterocycles. The van der Waals surface area contributed by atoms with Gasteiger partial charge in [-0.15, -0.1) is 0 Å². The van der Waals surface area contributed by atoms with E-state index in [1.807, 2.05) is 6.07 Å². The molecule has 0 aliphatic rings. The maximum atomic E-state index is 12.0. The Kier molecular flexibility index (Phi) is 7.73. The summed E-state index contributed by atoms with van der Waals surface area (Å²) >= 11 is 6.42. The Morgan fingerprint density at radius 1 is 0.862 bits per heavy atom. The minimum absolute atomic E-state index is 0.0326. The average molecular weight is 419 g/mol. The molecule has 0 fully saturated rings. The molecule has 0 aliphatic heterocycles. The van der Waals surface area contributed by atoms with E-state index in [0.717, 1.165) is 0 Å². The van der Waals surface area contributed by atoms with Crippen LogP contribution in [0.3, 0.4) is 0 Å². The van der Waals surface area contributed by atoms with E-state index in [4.69, 9.17) is 11.6 Å². The van der Waals surface area contributed by atoms with Gasteiger partial charge >= 0.3 is 23.8 Å². The Hall–Kier alpha value is -3.39. The number of rotatable bonds is 5. The smallest absolute Gasteiger partial charge is 0.397 e. The number of ether oxygens (including phenoxy) is 2. The number of hydrogen-bond acceptors (Lipinski definition) is 6. The van der Waals surface area contributed by atoms with E-state index in [-0.39, 0.29) is 29.6 Å². The molecule has 0 spiro atoms. The third kappa shape index (κ3) is 5.79. The summed E-state index contributed by atoms with van der Waals surface area (Å²) in [5, 5.41) is 4.89. The number of carbonyl (C=O) groups is 4. The van der Waals surface area contributed by atoms with E-state index >= 15 is 0 Å². The topological polar surface area (TPSA) is 111 Å². The van der Waals surface area contributed by atoms with Gasteiger partial charge in [0.1, 0.15) is 0 Å². The molecule has 0 atom stereocenters. The highest BCUT2D eigenvalue weighted by Gasteiger charge is 2.21. The van der Waals surface area contributed by atoms with E-state index in [1.54, 1.807) is 38.1 Å². The first-order valence-corrected chi connectivity index (χ1v) is 9.10. The van der Waals surface area contributed by atoms with Gasteiger partial charge in [-0.3, -0.25) is 9.59 Å². The minimum atomic E-state index is -1.08. The highest BCUT2D eigenvalue weighted by Crippen LogP contribution is 2.37. The molecule has 0 aliphatic carbocycles. The molecule has 2 aromatic rings. The van der Waals surface area contributed by atoms with Gasteiger partial charge in [-0.05, 0) is 31.5 Å². The normalized spacial score (nSPS) is 10.0. The molecule has 29 heavy (non-hydrogen) atoms. The molecule has 0 bridgehead atoms. The molecule has 2 rings (SSSR count). The van der Waals surface area contributed by atoms with E-state index in [0.29, 0.717) is 11.1 Å². The molecule has 152 valence electrons. The second kappa shape index (κ2) is 10.2. The second-order valence-corrected chi connectivity index (χ2v) is 5.98. The SMILES string of the molecule is CCOC(=O)C(=O)Nc1cc(NC(=O)C(=O)OCC)c(Cl)c(-c2ccccc2)c1. The molecule has 0 radical (unpaired) electrons. The van der Waals surface area contributed by atoms with Crippen LogP contribution < -0.4 is 10.6 Å². The van der Waals surface area contributed by atoms with Crippen molar-refractivity contribution in [1.29, 1.82) is 0 Å². The Labute approximate surface area is 172 Å². The lowest BCUT2D eigenvalue weighted by molar-refractivity contribution is -0.152. The highest BCUT2D eigenvalue weighted by atomic mass is 35.5. The van der Waals surface area contributed by atoms with Crippen LogP contribution >= 0.6 is 11.6 Å². The van der Waals surface area contributed by atoms with Crippen LogP contribution in [-0.2, 0) is 28.7 Å². The lowest BCUT2D eigenvalue weighted by atomic mass is 10.0. The third-order valence-corrected chi connectivity index (χ3v) is 3.99. The van der Waals surface area contributed by atoms with Crippen LogP contribution in [0.25, 0.3) is 11.1 Å². The summed E-state index contributed by atoms with van der Waals surface area (Å²) in [6.45, 7) is 3.22. The number of amides is 2. The van der Waals surface area contributed by atoms with Crippen molar-refractivity contribution in [2.75, 3.05) is 23.8 Å². The van der Waals surface area contributed by atoms with Crippen molar-refractivity contribution < 1.29 is 28.7 Å². The van der Waals surface area contributed by atoms with Crippen LogP contribution in [0.4, 0.5) is 11.4 Å². The zero-order valence-corrected chi connectivity index (χ0v) is 16.5. The maximum absolute atomic E-state index is 12.0. The van der Waals surface area contributed by atoms with Crippen LogP contribution in [-0.4, -0.2) is 37.0 Å². The van der Waals surface area contributed by atoms with Crippen molar-refractivity contribution in [2.45, 2.75) is 13.8 Å². The quantitative estimate of drug-likeness (QED) is 0.570. The predicted molar refractivity (Wildman–Crippen MR) is 107 cm³/mol. The Bertz CT molecular complexity index is 930. The second-order valence-electron chi connectivity index (χ2n) is 5.60. The van der Waals surface area contributed by atoms with E-state index < -0.39 is 23.8 Å². The number of hydrogen-bond donors (Lipinski definition) is 2. The van der Waals surface area contributed by atoms with Crippen molar-refractivity contribution in [3.8, 4) is 11.1 Å². The largest absolute Gasteiger partial charge is 0.459 e. The fourth-order valence-corrected chi connectivity index (χ4v) is 2.63. The summed E-state index contributed by atoms with van der Waals surface area (Å²) in [7, 11) is 0. The van der Waals surface area contributed by atoms with E-state index in [2.05, 4.69) is 20.1 Å². The van der Waals surface area contributed by atoms with Gasteiger partial charge < -0.3 is 20.1 Å². The van der Waals surface area contributed by atoms with Gasteiger partial charge in [0.2, 0.25) is 0 Å². The molecule has 8 nitrogen and oxygen atoms in total. The molecule has 0 unspecified atom stereocenters. The zero-order chi connectivity index (χ0) is 21.4. The molecule has 0 saturated carbocycles. The van der Waals surface area contributed by atoms with Crippen molar-refractivity contribution in [3.05, 3.63) is 47.5 Å². The van der Waals surface area contributed by atoms with Crippen LogP contribution in [0.2, 0.25) is 5.02 Å². The van der Waals surface area contributed by atoms with Gasteiger partial charge in [0, 0.05) is 11.3 Å². The van der Waals surface area contributed by atoms with Gasteiger partial charge in [0.25, 0.3) is 0 Å². The summed E-state index contributed by atoms with van der Waals surface area (Å²) in [4.78, 5) is 47.2. The number of halogens is 1. The van der Waals surface area contributed by atoms with Gasteiger partial charge in [-0.2, -0.15) is 0 Å². The average Bonchev–Trinajstić information content (AvgIpc) is 2.71. The van der Waals surface area contributed by atoms with Crippen LogP contribution in [0.5, 0.6) is 0 Å². The van der Waals surface area contributed by atoms with E-state index in [9.17, 15) is 19.2 Å². The fourth-order valence-electron chi connectivity index (χ4n) is 2.36. The first-order valence-electron chi connectivity index (χ1n) is 8.72. The first kappa shape index (κ1) is 21.9. The molecular weight excluding hydrogens is 400 g/mol. The molecular formula is C20H19ClN2O6. The molecule has 0 heterocycles. The van der Waals surface area contributed by atoms with Gasteiger partial charge in [-0.25, -0.2) is 9.59 Å². The zero-order valence-electron chi connectivity index (χ0n) is 15.8. The fraction of sp³-hybridized carbons (Fsp3) is 0.200. The van der Waals surface area contributed by atoms with Crippen LogP contribution in [0.15, 0.2) is 42.5 Å². The van der Waals surface area contributed by atoms with Gasteiger partial charge in [0.15, 0.2) is 0 Å². The lowest BCUT2D eigenvalue weighted by Gasteiger charge is -2.14. The van der Waals surface area contributed by atoms with Crippen LogP contribution in [0.1, 0.15) is 13.8 Å². The number of carbonyl (C=O) groups excluding carboxylic acids is 4. The van der Waals surface area contributed by atoms with Crippen LogP contribution in [0, 0.1) is 0 Å².